The first kappa shape index (κ1) is 15.3. The van der Waals surface area contributed by atoms with Gasteiger partial charge in [-0.3, -0.25) is 9.59 Å². The lowest BCUT2D eigenvalue weighted by Gasteiger charge is -2.20. The Balaban J connectivity index is 1.81. The quantitative estimate of drug-likeness (QED) is 0.901. The number of carbonyl (C=O) groups is 2. The van der Waals surface area contributed by atoms with Gasteiger partial charge in [0.05, 0.1) is 18.4 Å². The fourth-order valence-electron chi connectivity index (χ4n) is 2.32. The van der Waals surface area contributed by atoms with Gasteiger partial charge in [-0.05, 0) is 25.5 Å². The smallest absolute Gasteiger partial charge is 0.311 e. The molecule has 0 aromatic heterocycles. The van der Waals surface area contributed by atoms with E-state index in [-0.39, 0.29) is 31.2 Å². The molecule has 1 atom stereocenters. The highest BCUT2D eigenvalue weighted by Gasteiger charge is 2.41. The van der Waals surface area contributed by atoms with Crippen molar-refractivity contribution in [2.45, 2.75) is 19.8 Å². The van der Waals surface area contributed by atoms with E-state index in [2.05, 4.69) is 0 Å². The molecule has 1 N–H and O–H groups in total. The lowest BCUT2D eigenvalue weighted by Crippen LogP contribution is -2.35. The van der Waals surface area contributed by atoms with Gasteiger partial charge in [-0.1, -0.05) is 12.1 Å². The standard InChI is InChI=1S/C15H18FNO4/c1-15(14(19)20)7-8-17(10-15)13(18)6-9-21-12-5-3-2-4-11(12)16/h2-5H,6-10H2,1H3,(H,19,20). The second-order valence-corrected chi connectivity index (χ2v) is 5.46. The summed E-state index contributed by atoms with van der Waals surface area (Å²) in [4.78, 5) is 24.6. The third-order valence-electron chi connectivity index (χ3n) is 3.75. The van der Waals surface area contributed by atoms with Crippen LogP contribution in [-0.4, -0.2) is 41.6 Å². The minimum atomic E-state index is -0.889. The van der Waals surface area contributed by atoms with E-state index in [9.17, 15) is 14.0 Å². The zero-order valence-corrected chi connectivity index (χ0v) is 11.8. The Hall–Kier alpha value is -2.11. The molecular formula is C15H18FNO4. The van der Waals surface area contributed by atoms with Gasteiger partial charge in [0.25, 0.3) is 0 Å². The number of carboxylic acids is 1. The maximum absolute atomic E-state index is 13.3. The number of aliphatic carboxylic acids is 1. The number of halogens is 1. The summed E-state index contributed by atoms with van der Waals surface area (Å²) in [6.07, 6.45) is 0.548. The first-order valence-electron chi connectivity index (χ1n) is 6.81. The van der Waals surface area contributed by atoms with Gasteiger partial charge < -0.3 is 14.7 Å². The maximum Gasteiger partial charge on any atom is 0.311 e. The van der Waals surface area contributed by atoms with Crippen LogP contribution in [0.1, 0.15) is 19.8 Å². The summed E-state index contributed by atoms with van der Waals surface area (Å²) in [6, 6.07) is 6.00. The zero-order chi connectivity index (χ0) is 15.5. The number of carboxylic acid groups (broad SMARTS) is 1. The van der Waals surface area contributed by atoms with Gasteiger partial charge in [0.15, 0.2) is 11.6 Å². The number of likely N-dealkylation sites (tertiary alicyclic amines) is 1. The Morgan fingerprint density at radius 1 is 1.43 bits per heavy atom. The minimum Gasteiger partial charge on any atom is -0.490 e. The van der Waals surface area contributed by atoms with Gasteiger partial charge in [0.2, 0.25) is 5.91 Å². The van der Waals surface area contributed by atoms with Crippen LogP contribution in [0.25, 0.3) is 0 Å². The SMILES string of the molecule is CC1(C(=O)O)CCN(C(=O)CCOc2ccccc2F)C1. The summed E-state index contributed by atoms with van der Waals surface area (Å²) < 4.78 is 18.5. The molecule has 5 nitrogen and oxygen atoms in total. The predicted octanol–water partition coefficient (Wildman–Crippen LogP) is 1.92. The van der Waals surface area contributed by atoms with Crippen molar-refractivity contribution in [3.8, 4) is 5.75 Å². The number of carbonyl (C=O) groups excluding carboxylic acids is 1. The molecule has 1 heterocycles. The number of para-hydroxylation sites is 1. The Labute approximate surface area is 122 Å². The van der Waals surface area contributed by atoms with Crippen LogP contribution in [0.3, 0.4) is 0 Å². The summed E-state index contributed by atoms with van der Waals surface area (Å²) >= 11 is 0. The summed E-state index contributed by atoms with van der Waals surface area (Å²) in [5, 5.41) is 9.12. The highest BCUT2D eigenvalue weighted by molar-refractivity contribution is 5.80. The summed E-state index contributed by atoms with van der Waals surface area (Å²) in [7, 11) is 0. The van der Waals surface area contributed by atoms with Crippen LogP contribution in [0.2, 0.25) is 0 Å². The Morgan fingerprint density at radius 2 is 2.14 bits per heavy atom. The molecule has 2 rings (SSSR count). The predicted molar refractivity (Wildman–Crippen MR) is 73.5 cm³/mol. The monoisotopic (exact) mass is 295 g/mol. The first-order valence-corrected chi connectivity index (χ1v) is 6.81. The molecule has 0 saturated carbocycles. The largest absolute Gasteiger partial charge is 0.490 e. The lowest BCUT2D eigenvalue weighted by molar-refractivity contribution is -0.147. The van der Waals surface area contributed by atoms with Gasteiger partial charge in [-0.2, -0.15) is 0 Å². The van der Waals surface area contributed by atoms with E-state index in [4.69, 9.17) is 9.84 Å². The molecule has 21 heavy (non-hydrogen) atoms. The molecule has 6 heteroatoms. The van der Waals surface area contributed by atoms with Gasteiger partial charge in [-0.25, -0.2) is 4.39 Å². The Morgan fingerprint density at radius 3 is 2.76 bits per heavy atom. The van der Waals surface area contributed by atoms with Gasteiger partial charge in [0.1, 0.15) is 0 Å². The van der Waals surface area contributed by atoms with E-state index in [1.54, 1.807) is 19.1 Å². The number of hydrogen-bond donors (Lipinski definition) is 1. The Bertz CT molecular complexity index is 548. The van der Waals surface area contributed by atoms with Gasteiger partial charge >= 0.3 is 5.97 Å². The third-order valence-corrected chi connectivity index (χ3v) is 3.75. The fraction of sp³-hybridized carbons (Fsp3) is 0.467. The van der Waals surface area contributed by atoms with Crippen molar-refractivity contribution >= 4 is 11.9 Å². The van der Waals surface area contributed by atoms with E-state index < -0.39 is 17.2 Å². The minimum absolute atomic E-state index is 0.0695. The summed E-state index contributed by atoms with van der Waals surface area (Å²) in [5.74, 6) is -1.41. The van der Waals surface area contributed by atoms with Crippen LogP contribution in [0.4, 0.5) is 4.39 Å². The van der Waals surface area contributed by atoms with Gasteiger partial charge in [-0.15, -0.1) is 0 Å². The van der Waals surface area contributed by atoms with Crippen molar-refractivity contribution in [3.05, 3.63) is 30.1 Å². The van der Waals surface area contributed by atoms with Crippen LogP contribution in [0.15, 0.2) is 24.3 Å². The molecule has 0 spiro atoms. The average Bonchev–Trinajstić information content (AvgIpc) is 2.85. The molecule has 1 aliphatic rings. The number of ether oxygens (including phenoxy) is 1. The third kappa shape index (κ3) is 3.51. The molecule has 0 aliphatic carbocycles. The van der Waals surface area contributed by atoms with E-state index in [1.165, 1.54) is 17.0 Å². The number of amides is 1. The van der Waals surface area contributed by atoms with E-state index >= 15 is 0 Å². The van der Waals surface area contributed by atoms with Crippen LogP contribution in [0, 0.1) is 11.2 Å². The number of rotatable bonds is 5. The van der Waals surface area contributed by atoms with E-state index in [0.717, 1.165) is 0 Å². The van der Waals surface area contributed by atoms with Crippen molar-refractivity contribution in [1.29, 1.82) is 0 Å². The van der Waals surface area contributed by atoms with E-state index in [1.807, 2.05) is 0 Å². The molecule has 1 unspecified atom stereocenters. The van der Waals surface area contributed by atoms with Crippen LogP contribution >= 0.6 is 0 Å². The van der Waals surface area contributed by atoms with Crippen LogP contribution in [0.5, 0.6) is 5.75 Å². The normalized spacial score (nSPS) is 21.3. The van der Waals surface area contributed by atoms with Crippen LogP contribution < -0.4 is 4.74 Å². The molecule has 114 valence electrons. The maximum atomic E-state index is 13.3. The highest BCUT2D eigenvalue weighted by Crippen LogP contribution is 2.30. The lowest BCUT2D eigenvalue weighted by atomic mass is 9.90. The van der Waals surface area contributed by atoms with Crippen molar-refractivity contribution < 1.29 is 23.8 Å². The molecular weight excluding hydrogens is 277 g/mol. The molecule has 1 aromatic rings. The molecule has 1 amide bonds. The Kier molecular flexibility index (Phi) is 4.45. The van der Waals surface area contributed by atoms with Crippen molar-refractivity contribution in [2.24, 2.45) is 5.41 Å². The highest BCUT2D eigenvalue weighted by atomic mass is 19.1. The molecule has 1 aromatic carbocycles. The second kappa shape index (κ2) is 6.11. The first-order chi connectivity index (χ1) is 9.92. The average molecular weight is 295 g/mol. The second-order valence-electron chi connectivity index (χ2n) is 5.46. The molecule has 1 fully saturated rings. The van der Waals surface area contributed by atoms with Crippen molar-refractivity contribution in [3.63, 3.8) is 0 Å². The zero-order valence-electron chi connectivity index (χ0n) is 11.8. The molecule has 0 radical (unpaired) electrons. The fourth-order valence-corrected chi connectivity index (χ4v) is 2.32. The number of hydrogen-bond acceptors (Lipinski definition) is 3. The molecule has 1 aliphatic heterocycles. The van der Waals surface area contributed by atoms with Crippen molar-refractivity contribution in [1.82, 2.24) is 4.90 Å². The molecule has 1 saturated heterocycles. The van der Waals surface area contributed by atoms with Crippen molar-refractivity contribution in [2.75, 3.05) is 19.7 Å². The van der Waals surface area contributed by atoms with E-state index in [0.29, 0.717) is 13.0 Å². The molecule has 0 bridgehead atoms. The summed E-state index contributed by atoms with van der Waals surface area (Å²) in [5.41, 5.74) is -0.873. The number of nitrogens with zero attached hydrogens (tertiary/aromatic N) is 1. The van der Waals surface area contributed by atoms with Gasteiger partial charge in [0, 0.05) is 13.1 Å². The topological polar surface area (TPSA) is 66.8 Å². The number of benzene rings is 1. The summed E-state index contributed by atoms with van der Waals surface area (Å²) in [6.45, 7) is 2.35. The van der Waals surface area contributed by atoms with Crippen LogP contribution in [-0.2, 0) is 9.59 Å².